The van der Waals surface area contributed by atoms with E-state index >= 15 is 0 Å². The molecule has 3 unspecified atom stereocenters. The van der Waals surface area contributed by atoms with Gasteiger partial charge in [-0.1, -0.05) is 22.9 Å². The van der Waals surface area contributed by atoms with E-state index in [-0.39, 0.29) is 51.6 Å². The molecule has 9 atom stereocenters. The first-order valence-corrected chi connectivity index (χ1v) is 12.6. The molecule has 4 aliphatic carbocycles. The Morgan fingerprint density at radius 2 is 1.97 bits per heavy atom. The van der Waals surface area contributed by atoms with E-state index in [2.05, 4.69) is 22.9 Å². The number of alkyl halides is 1. The minimum absolute atomic E-state index is 0.0127. The number of Topliss-reactive ketones (excluding diaryl/α,β-unsaturated/α-hetero) is 1. The summed E-state index contributed by atoms with van der Waals surface area (Å²) in [6.45, 7) is 4.95. The Kier molecular flexibility index (Phi) is 5.32. The van der Waals surface area contributed by atoms with Gasteiger partial charge in [0.2, 0.25) is 0 Å². The third kappa shape index (κ3) is 3.01. The van der Waals surface area contributed by atoms with Crippen molar-refractivity contribution in [1.29, 1.82) is 0 Å². The molecule has 5 aliphatic rings. The van der Waals surface area contributed by atoms with Crippen LogP contribution in [0.2, 0.25) is 0 Å². The van der Waals surface area contributed by atoms with Crippen molar-refractivity contribution in [3.05, 3.63) is 0 Å². The second kappa shape index (κ2) is 7.54. The number of halogens is 1. The molecule has 2 bridgehead atoms. The number of ether oxygens (including phenoxy) is 3. The fraction of sp³-hybridized carbons (Fsp3) is 0.875. The molecule has 1 heterocycles. The van der Waals surface area contributed by atoms with Crippen molar-refractivity contribution in [3.8, 4) is 0 Å². The van der Waals surface area contributed by atoms with Crippen molar-refractivity contribution >= 4 is 34.2 Å². The molecule has 0 spiro atoms. The van der Waals surface area contributed by atoms with Crippen LogP contribution < -0.4 is 0 Å². The van der Waals surface area contributed by atoms with E-state index in [1.54, 1.807) is 0 Å². The van der Waals surface area contributed by atoms with Crippen LogP contribution in [0.4, 0.5) is 0 Å². The van der Waals surface area contributed by atoms with Crippen molar-refractivity contribution in [3.63, 3.8) is 0 Å². The van der Waals surface area contributed by atoms with Crippen LogP contribution in [0.15, 0.2) is 0 Å². The predicted octanol–water partition coefficient (Wildman–Crippen LogP) is 3.83. The number of fused-ring (bicyclic) bond motifs is 3. The molecule has 1 saturated heterocycles. The molecule has 0 aromatic carbocycles. The Bertz CT molecular complexity index is 786. The minimum Gasteiger partial charge on any atom is -0.465 e. The summed E-state index contributed by atoms with van der Waals surface area (Å²) >= 11 is 4.16. The van der Waals surface area contributed by atoms with Crippen LogP contribution in [0.3, 0.4) is 0 Å². The number of carbonyl (C=O) groups is 3. The molecule has 6 nitrogen and oxygen atoms in total. The average molecular weight is 497 g/mol. The summed E-state index contributed by atoms with van der Waals surface area (Å²) in [5.74, 6) is 1.34. The number of ketones is 1. The van der Waals surface area contributed by atoms with Gasteiger partial charge in [0.25, 0.3) is 6.47 Å². The molecular weight excluding hydrogens is 464 g/mol. The van der Waals surface area contributed by atoms with E-state index in [1.165, 1.54) is 6.92 Å². The molecule has 7 heteroatoms. The van der Waals surface area contributed by atoms with Crippen molar-refractivity contribution in [1.82, 2.24) is 0 Å². The molecule has 31 heavy (non-hydrogen) atoms. The van der Waals surface area contributed by atoms with Gasteiger partial charge in [0.15, 0.2) is 5.78 Å². The lowest BCUT2D eigenvalue weighted by atomic mass is 9.44. The highest BCUT2D eigenvalue weighted by atomic mass is 79.9. The highest BCUT2D eigenvalue weighted by molar-refractivity contribution is 9.10. The van der Waals surface area contributed by atoms with E-state index in [4.69, 9.17) is 14.2 Å². The molecule has 0 aromatic rings. The SMILES string of the molecule is CC(=O)OCC(=O)[C@H]1CCC2C3C[C@@H]4OC[C@@]5(CC[C@H](OC=O)C[C@]45Br)C3CC[C@@]21C. The van der Waals surface area contributed by atoms with Gasteiger partial charge >= 0.3 is 5.97 Å². The molecule has 4 saturated carbocycles. The maximum atomic E-state index is 12.9. The van der Waals surface area contributed by atoms with Gasteiger partial charge in [-0.2, -0.15) is 0 Å². The smallest absolute Gasteiger partial charge is 0.303 e. The Balaban J connectivity index is 1.39. The van der Waals surface area contributed by atoms with Gasteiger partial charge < -0.3 is 14.2 Å². The fourth-order valence-electron chi connectivity index (χ4n) is 8.69. The van der Waals surface area contributed by atoms with Gasteiger partial charge in [-0.05, 0) is 68.1 Å². The molecule has 5 fully saturated rings. The lowest BCUT2D eigenvalue weighted by molar-refractivity contribution is -0.150. The predicted molar refractivity (Wildman–Crippen MR) is 115 cm³/mol. The summed E-state index contributed by atoms with van der Waals surface area (Å²) in [5, 5.41) is 0. The van der Waals surface area contributed by atoms with Gasteiger partial charge in [-0.15, -0.1) is 0 Å². The van der Waals surface area contributed by atoms with Crippen molar-refractivity contribution in [2.75, 3.05) is 13.2 Å². The van der Waals surface area contributed by atoms with Gasteiger partial charge in [-0.25, -0.2) is 0 Å². The standard InChI is InChI=1S/C24H33BrO6/c1-14(27)29-11-20(28)19-4-3-17-16-9-21-24(25)10-15(31-13-26)5-8-23(24,12-30-21)18(16)6-7-22(17,19)2/h13,15-19,21H,3-12H2,1-2H3/t15-,16?,17?,18?,19+,21-,22-,23-,24-/m0/s1. The van der Waals surface area contributed by atoms with Crippen LogP contribution in [0, 0.1) is 34.5 Å². The summed E-state index contributed by atoms with van der Waals surface area (Å²) in [7, 11) is 0. The summed E-state index contributed by atoms with van der Waals surface area (Å²) in [5.41, 5.74) is 0.0725. The zero-order chi connectivity index (χ0) is 22.0. The van der Waals surface area contributed by atoms with Crippen LogP contribution in [-0.2, 0) is 28.6 Å². The average Bonchev–Trinajstić information content (AvgIpc) is 3.15. The van der Waals surface area contributed by atoms with E-state index in [0.717, 1.165) is 58.0 Å². The minimum atomic E-state index is -0.389. The molecule has 0 radical (unpaired) electrons. The van der Waals surface area contributed by atoms with Gasteiger partial charge in [0.05, 0.1) is 17.0 Å². The monoisotopic (exact) mass is 496 g/mol. The number of esters is 1. The quantitative estimate of drug-likeness (QED) is 0.327. The fourth-order valence-corrected chi connectivity index (χ4v) is 9.98. The van der Waals surface area contributed by atoms with E-state index in [0.29, 0.717) is 24.2 Å². The first-order chi connectivity index (χ1) is 14.7. The number of hydrogen-bond donors (Lipinski definition) is 0. The zero-order valence-corrected chi connectivity index (χ0v) is 20.0. The summed E-state index contributed by atoms with van der Waals surface area (Å²) in [6.07, 6.45) is 7.97. The maximum Gasteiger partial charge on any atom is 0.303 e. The lowest BCUT2D eigenvalue weighted by Crippen LogP contribution is -2.63. The third-order valence-corrected chi connectivity index (χ3v) is 11.6. The van der Waals surface area contributed by atoms with Crippen molar-refractivity contribution in [2.24, 2.45) is 34.5 Å². The topological polar surface area (TPSA) is 78.9 Å². The van der Waals surface area contributed by atoms with Crippen LogP contribution >= 0.6 is 15.9 Å². The zero-order valence-electron chi connectivity index (χ0n) is 18.4. The summed E-state index contributed by atoms with van der Waals surface area (Å²) in [6, 6.07) is 0. The molecular formula is C24H33BrO6. The normalized spacial score (nSPS) is 50.0. The number of hydrogen-bond acceptors (Lipinski definition) is 6. The molecule has 5 rings (SSSR count). The number of rotatable bonds is 5. The second-order valence-corrected chi connectivity index (χ2v) is 12.4. The Hall–Kier alpha value is -0.950. The molecule has 0 N–H and O–H groups in total. The first-order valence-electron chi connectivity index (χ1n) is 11.8. The van der Waals surface area contributed by atoms with Crippen molar-refractivity contribution < 1.29 is 28.6 Å². The number of carbonyl (C=O) groups excluding carboxylic acids is 3. The highest BCUT2D eigenvalue weighted by Gasteiger charge is 2.72. The van der Waals surface area contributed by atoms with Crippen LogP contribution in [0.25, 0.3) is 0 Å². The Morgan fingerprint density at radius 1 is 1.16 bits per heavy atom. The lowest BCUT2D eigenvalue weighted by Gasteiger charge is -2.62. The first kappa shape index (κ1) is 21.9. The van der Waals surface area contributed by atoms with Gasteiger partial charge in [0, 0.05) is 24.7 Å². The molecule has 0 amide bonds. The second-order valence-electron chi connectivity index (χ2n) is 10.9. The van der Waals surface area contributed by atoms with E-state index < -0.39 is 0 Å². The highest BCUT2D eigenvalue weighted by Crippen LogP contribution is 2.72. The van der Waals surface area contributed by atoms with E-state index in [1.807, 2.05) is 0 Å². The van der Waals surface area contributed by atoms with Crippen LogP contribution in [0.5, 0.6) is 0 Å². The maximum absolute atomic E-state index is 12.9. The third-order valence-electron chi connectivity index (χ3n) is 10.0. The molecule has 172 valence electrons. The van der Waals surface area contributed by atoms with Gasteiger partial charge in [-0.3, -0.25) is 14.4 Å². The molecule has 1 aliphatic heterocycles. The Morgan fingerprint density at radius 3 is 2.71 bits per heavy atom. The summed E-state index contributed by atoms with van der Waals surface area (Å²) in [4.78, 5) is 35.1. The molecule has 0 aromatic heterocycles. The van der Waals surface area contributed by atoms with Crippen LogP contribution in [-0.4, -0.2) is 48.0 Å². The summed E-state index contributed by atoms with van der Waals surface area (Å²) < 4.78 is 16.8. The van der Waals surface area contributed by atoms with E-state index in [9.17, 15) is 14.4 Å². The van der Waals surface area contributed by atoms with Crippen molar-refractivity contribution in [2.45, 2.75) is 81.7 Å². The Labute approximate surface area is 192 Å². The van der Waals surface area contributed by atoms with Gasteiger partial charge in [0.1, 0.15) is 12.7 Å². The largest absolute Gasteiger partial charge is 0.465 e. The van der Waals surface area contributed by atoms with Crippen LogP contribution in [0.1, 0.15) is 65.2 Å².